The summed E-state index contributed by atoms with van der Waals surface area (Å²) < 4.78 is 0. The molecule has 1 fully saturated rings. The lowest BCUT2D eigenvalue weighted by atomic mass is 9.91. The number of nitrogens with one attached hydrogen (secondary N) is 2. The fraction of sp³-hybridized carbons (Fsp3) is 0.385. The summed E-state index contributed by atoms with van der Waals surface area (Å²) in [7, 11) is 0. The zero-order chi connectivity index (χ0) is 10.1. The highest BCUT2D eigenvalue weighted by Gasteiger charge is 2.14. The van der Waals surface area contributed by atoms with Crippen LogP contribution in [0.2, 0.25) is 0 Å². The topological polar surface area (TPSA) is 27.8 Å². The predicted molar refractivity (Wildman–Crippen MR) is 63.1 cm³/mol. The number of hydrogen-bond donors (Lipinski definition) is 2. The molecule has 1 atom stereocenters. The van der Waals surface area contributed by atoms with E-state index in [1.807, 2.05) is 6.20 Å². The van der Waals surface area contributed by atoms with Gasteiger partial charge >= 0.3 is 0 Å². The minimum Gasteiger partial charge on any atom is -0.361 e. The van der Waals surface area contributed by atoms with E-state index in [-0.39, 0.29) is 0 Å². The Kier molecular flexibility index (Phi) is 2.22. The monoisotopic (exact) mass is 200 g/mol. The third kappa shape index (κ3) is 1.65. The van der Waals surface area contributed by atoms with E-state index in [9.17, 15) is 0 Å². The van der Waals surface area contributed by atoms with E-state index in [2.05, 4.69) is 34.6 Å². The Balaban J connectivity index is 1.95. The molecule has 1 aromatic heterocycles. The Morgan fingerprint density at radius 3 is 3.07 bits per heavy atom. The van der Waals surface area contributed by atoms with Crippen LogP contribution in [-0.4, -0.2) is 18.1 Å². The van der Waals surface area contributed by atoms with Gasteiger partial charge in [-0.15, -0.1) is 0 Å². The summed E-state index contributed by atoms with van der Waals surface area (Å²) in [4.78, 5) is 3.23. The molecule has 15 heavy (non-hydrogen) atoms. The molecule has 0 bridgehead atoms. The molecule has 0 aliphatic carbocycles. The van der Waals surface area contributed by atoms with E-state index in [0.29, 0.717) is 5.92 Å². The fourth-order valence-electron chi connectivity index (χ4n) is 2.46. The minimum atomic E-state index is 0.707. The van der Waals surface area contributed by atoms with Crippen molar-refractivity contribution in [3.05, 3.63) is 36.0 Å². The summed E-state index contributed by atoms with van der Waals surface area (Å²) in [6.07, 6.45) is 4.63. The maximum absolute atomic E-state index is 3.47. The minimum absolute atomic E-state index is 0.707. The van der Waals surface area contributed by atoms with Gasteiger partial charge in [-0.2, -0.15) is 0 Å². The largest absolute Gasteiger partial charge is 0.361 e. The lowest BCUT2D eigenvalue weighted by Gasteiger charge is -2.23. The third-order valence-corrected chi connectivity index (χ3v) is 3.35. The number of aromatic amines is 1. The standard InChI is InChI=1S/C13H16N2/c1-2-12(9-14-6-1)10-3-4-13-11(8-10)5-7-15-13/h3-5,7-8,12,14-15H,1-2,6,9H2. The van der Waals surface area contributed by atoms with Gasteiger partial charge < -0.3 is 10.3 Å². The first-order chi connectivity index (χ1) is 7.43. The average molecular weight is 200 g/mol. The Labute approximate surface area is 89.7 Å². The van der Waals surface area contributed by atoms with Crippen molar-refractivity contribution in [2.24, 2.45) is 0 Å². The van der Waals surface area contributed by atoms with Crippen LogP contribution in [0.4, 0.5) is 0 Å². The average Bonchev–Trinajstić information content (AvgIpc) is 2.77. The first-order valence-corrected chi connectivity index (χ1v) is 5.71. The van der Waals surface area contributed by atoms with Crippen molar-refractivity contribution in [1.29, 1.82) is 0 Å². The quantitative estimate of drug-likeness (QED) is 0.727. The summed E-state index contributed by atoms with van der Waals surface area (Å²) in [6, 6.07) is 8.92. The number of benzene rings is 1. The van der Waals surface area contributed by atoms with Crippen molar-refractivity contribution >= 4 is 10.9 Å². The Morgan fingerprint density at radius 1 is 1.20 bits per heavy atom. The summed E-state index contributed by atoms with van der Waals surface area (Å²) in [5, 5.41) is 4.80. The number of hydrogen-bond acceptors (Lipinski definition) is 1. The number of aromatic nitrogens is 1. The van der Waals surface area contributed by atoms with Gasteiger partial charge in [-0.05, 0) is 54.5 Å². The van der Waals surface area contributed by atoms with Crippen molar-refractivity contribution in [3.8, 4) is 0 Å². The first kappa shape index (κ1) is 8.98. The van der Waals surface area contributed by atoms with Gasteiger partial charge in [0, 0.05) is 18.3 Å². The molecule has 0 radical (unpaired) electrons. The van der Waals surface area contributed by atoms with Crippen molar-refractivity contribution in [3.63, 3.8) is 0 Å². The molecule has 1 aliphatic heterocycles. The van der Waals surface area contributed by atoms with Crippen LogP contribution in [0.15, 0.2) is 30.5 Å². The van der Waals surface area contributed by atoms with E-state index in [0.717, 1.165) is 6.54 Å². The van der Waals surface area contributed by atoms with E-state index in [4.69, 9.17) is 0 Å². The zero-order valence-corrected chi connectivity index (χ0v) is 8.79. The van der Waals surface area contributed by atoms with E-state index < -0.39 is 0 Å². The summed E-state index contributed by atoms with van der Waals surface area (Å²) in [5.74, 6) is 0.707. The Morgan fingerprint density at radius 2 is 2.20 bits per heavy atom. The molecular formula is C13H16N2. The molecule has 78 valence electrons. The fourth-order valence-corrected chi connectivity index (χ4v) is 2.46. The van der Waals surface area contributed by atoms with Crippen LogP contribution in [0.3, 0.4) is 0 Å². The van der Waals surface area contributed by atoms with Crippen LogP contribution < -0.4 is 5.32 Å². The highest BCUT2D eigenvalue weighted by atomic mass is 14.9. The molecule has 2 heterocycles. The van der Waals surface area contributed by atoms with Gasteiger partial charge in [0.05, 0.1) is 0 Å². The van der Waals surface area contributed by atoms with Crippen molar-refractivity contribution < 1.29 is 0 Å². The van der Waals surface area contributed by atoms with E-state index in [1.54, 1.807) is 0 Å². The second-order valence-electron chi connectivity index (χ2n) is 4.37. The molecule has 2 heteroatoms. The smallest absolute Gasteiger partial charge is 0.0454 e. The summed E-state index contributed by atoms with van der Waals surface area (Å²) >= 11 is 0. The molecule has 1 saturated heterocycles. The van der Waals surface area contributed by atoms with Crippen LogP contribution >= 0.6 is 0 Å². The van der Waals surface area contributed by atoms with Crippen LogP contribution in [0, 0.1) is 0 Å². The predicted octanol–water partition coefficient (Wildman–Crippen LogP) is 2.63. The van der Waals surface area contributed by atoms with Crippen molar-refractivity contribution in [2.45, 2.75) is 18.8 Å². The zero-order valence-electron chi connectivity index (χ0n) is 8.79. The van der Waals surface area contributed by atoms with Gasteiger partial charge in [0.25, 0.3) is 0 Å². The van der Waals surface area contributed by atoms with Crippen molar-refractivity contribution in [2.75, 3.05) is 13.1 Å². The molecule has 1 aromatic carbocycles. The van der Waals surface area contributed by atoms with Crippen molar-refractivity contribution in [1.82, 2.24) is 10.3 Å². The lowest BCUT2D eigenvalue weighted by Crippen LogP contribution is -2.28. The Hall–Kier alpha value is -1.28. The van der Waals surface area contributed by atoms with Crippen LogP contribution in [-0.2, 0) is 0 Å². The van der Waals surface area contributed by atoms with Gasteiger partial charge in [0.1, 0.15) is 0 Å². The lowest BCUT2D eigenvalue weighted by molar-refractivity contribution is 0.462. The molecular weight excluding hydrogens is 184 g/mol. The van der Waals surface area contributed by atoms with Gasteiger partial charge in [-0.1, -0.05) is 6.07 Å². The molecule has 0 amide bonds. The maximum atomic E-state index is 3.47. The molecule has 1 unspecified atom stereocenters. The normalized spacial score (nSPS) is 22.0. The molecule has 1 aliphatic rings. The second-order valence-corrected chi connectivity index (χ2v) is 4.37. The molecule has 2 aromatic rings. The molecule has 2 nitrogen and oxygen atoms in total. The highest BCUT2D eigenvalue weighted by Crippen LogP contribution is 2.25. The molecule has 3 rings (SSSR count). The number of piperidine rings is 1. The highest BCUT2D eigenvalue weighted by molar-refractivity contribution is 5.80. The Bertz CT molecular complexity index is 452. The van der Waals surface area contributed by atoms with Gasteiger partial charge in [-0.25, -0.2) is 0 Å². The van der Waals surface area contributed by atoms with Crippen LogP contribution in [0.5, 0.6) is 0 Å². The summed E-state index contributed by atoms with van der Waals surface area (Å²) in [6.45, 7) is 2.32. The van der Waals surface area contributed by atoms with Gasteiger partial charge in [0.15, 0.2) is 0 Å². The number of fused-ring (bicyclic) bond motifs is 1. The first-order valence-electron chi connectivity index (χ1n) is 5.71. The van der Waals surface area contributed by atoms with Gasteiger partial charge in [0.2, 0.25) is 0 Å². The molecule has 0 spiro atoms. The number of rotatable bonds is 1. The second kappa shape index (κ2) is 3.70. The SMILES string of the molecule is c1cc2cc(C3CCCNC3)ccc2[nH]1. The van der Waals surface area contributed by atoms with Crippen LogP contribution in [0.1, 0.15) is 24.3 Å². The van der Waals surface area contributed by atoms with E-state index in [1.165, 1.54) is 35.9 Å². The maximum Gasteiger partial charge on any atom is 0.0454 e. The molecule has 0 saturated carbocycles. The van der Waals surface area contributed by atoms with Gasteiger partial charge in [-0.3, -0.25) is 0 Å². The molecule has 2 N–H and O–H groups in total. The third-order valence-electron chi connectivity index (χ3n) is 3.35. The summed E-state index contributed by atoms with van der Waals surface area (Å²) in [5.41, 5.74) is 2.72. The van der Waals surface area contributed by atoms with Crippen LogP contribution in [0.25, 0.3) is 10.9 Å². The number of H-pyrrole nitrogens is 1. The van der Waals surface area contributed by atoms with E-state index >= 15 is 0 Å².